The highest BCUT2D eigenvalue weighted by Crippen LogP contribution is 2.22. The number of sulfone groups is 1. The number of halogens is 2. The summed E-state index contributed by atoms with van der Waals surface area (Å²) in [6.07, 6.45) is 0. The molecule has 0 amide bonds. The number of nitrogens with zero attached hydrogens (tertiary/aromatic N) is 1. The fourth-order valence-electron chi connectivity index (χ4n) is 1.86. The molecule has 0 aliphatic rings. The Morgan fingerprint density at radius 3 is 2.24 bits per heavy atom. The summed E-state index contributed by atoms with van der Waals surface area (Å²) < 4.78 is 24.4. The predicted octanol–water partition coefficient (Wildman–Crippen LogP) is 3.98. The molecular weight excluding hydrogens is 329 g/mol. The van der Waals surface area contributed by atoms with E-state index < -0.39 is 9.84 Å². The topological polar surface area (TPSA) is 57.9 Å². The maximum absolute atomic E-state index is 12.2. The van der Waals surface area contributed by atoms with E-state index in [4.69, 9.17) is 28.5 Å². The first-order valence-electron chi connectivity index (χ1n) is 6.03. The van der Waals surface area contributed by atoms with Crippen molar-refractivity contribution in [2.24, 2.45) is 0 Å². The quantitative estimate of drug-likeness (QED) is 0.846. The third-order valence-electron chi connectivity index (χ3n) is 2.86. The minimum atomic E-state index is -3.35. The number of rotatable bonds is 4. The molecule has 108 valence electrons. The van der Waals surface area contributed by atoms with E-state index in [0.717, 1.165) is 0 Å². The van der Waals surface area contributed by atoms with Gasteiger partial charge < -0.3 is 0 Å². The third-order valence-corrected chi connectivity index (χ3v) is 4.99. The Morgan fingerprint density at radius 1 is 1.00 bits per heavy atom. The molecule has 3 nitrogen and oxygen atoms in total. The smallest absolute Gasteiger partial charge is 0.158 e. The second-order valence-corrected chi connectivity index (χ2v) is 7.48. The molecule has 0 fully saturated rings. The molecule has 2 aromatic carbocycles. The van der Waals surface area contributed by atoms with Crippen molar-refractivity contribution in [3.05, 3.63) is 69.2 Å². The summed E-state index contributed by atoms with van der Waals surface area (Å²) >= 11 is 11.8. The van der Waals surface area contributed by atoms with Gasteiger partial charge in [0.1, 0.15) is 0 Å². The summed E-state index contributed by atoms with van der Waals surface area (Å²) in [5, 5.41) is 9.61. The first-order chi connectivity index (χ1) is 9.89. The monoisotopic (exact) mass is 339 g/mol. The second-order valence-electron chi connectivity index (χ2n) is 4.58. The van der Waals surface area contributed by atoms with Gasteiger partial charge in [-0.05, 0) is 35.4 Å². The van der Waals surface area contributed by atoms with Crippen molar-refractivity contribution >= 4 is 33.0 Å². The molecule has 0 radical (unpaired) electrons. The fraction of sp³-hybridized carbons (Fsp3) is 0.133. The number of benzene rings is 2. The van der Waals surface area contributed by atoms with Crippen molar-refractivity contribution in [2.45, 2.75) is 11.5 Å². The highest BCUT2D eigenvalue weighted by Gasteiger charge is 2.15. The molecule has 21 heavy (non-hydrogen) atoms. The molecule has 0 aliphatic carbocycles. The SMILES string of the molecule is N#Cc1ccc(CS(=O)(=O)Cc2ccc(Cl)cc2)c(Cl)c1. The summed E-state index contributed by atoms with van der Waals surface area (Å²) in [5.74, 6) is -0.249. The van der Waals surface area contributed by atoms with Crippen LogP contribution in [0.15, 0.2) is 42.5 Å². The zero-order chi connectivity index (χ0) is 15.5. The molecule has 0 atom stereocenters. The van der Waals surface area contributed by atoms with Crippen molar-refractivity contribution < 1.29 is 8.42 Å². The van der Waals surface area contributed by atoms with Crippen molar-refractivity contribution in [2.75, 3.05) is 0 Å². The van der Waals surface area contributed by atoms with Crippen molar-refractivity contribution in [1.82, 2.24) is 0 Å². The van der Waals surface area contributed by atoms with Gasteiger partial charge >= 0.3 is 0 Å². The van der Waals surface area contributed by atoms with Crippen LogP contribution in [0.3, 0.4) is 0 Å². The Hall–Kier alpha value is -1.54. The lowest BCUT2D eigenvalue weighted by atomic mass is 10.2. The Bertz CT molecular complexity index is 793. The molecule has 0 aliphatic heterocycles. The molecule has 6 heteroatoms. The first kappa shape index (κ1) is 15.8. The Balaban J connectivity index is 2.18. The van der Waals surface area contributed by atoms with Gasteiger partial charge in [-0.2, -0.15) is 5.26 Å². The lowest BCUT2D eigenvalue weighted by Gasteiger charge is -2.07. The average Bonchev–Trinajstić information content (AvgIpc) is 2.43. The van der Waals surface area contributed by atoms with E-state index in [1.165, 1.54) is 6.07 Å². The summed E-state index contributed by atoms with van der Waals surface area (Å²) in [6, 6.07) is 13.2. The Kier molecular flexibility index (Phi) is 4.89. The Morgan fingerprint density at radius 2 is 1.67 bits per heavy atom. The van der Waals surface area contributed by atoms with E-state index in [-0.39, 0.29) is 16.5 Å². The molecular formula is C15H11Cl2NO2S. The van der Waals surface area contributed by atoms with Crippen LogP contribution in [0.2, 0.25) is 10.0 Å². The Labute approximate surface area is 133 Å². The molecule has 0 saturated heterocycles. The molecule has 0 saturated carbocycles. The van der Waals surface area contributed by atoms with E-state index in [1.54, 1.807) is 36.4 Å². The molecule has 2 rings (SSSR count). The van der Waals surface area contributed by atoms with Crippen LogP contribution < -0.4 is 0 Å². The molecule has 0 heterocycles. The fourth-order valence-corrected chi connectivity index (χ4v) is 3.84. The molecule has 0 spiro atoms. The summed E-state index contributed by atoms with van der Waals surface area (Å²) in [4.78, 5) is 0. The molecule has 2 aromatic rings. The van der Waals surface area contributed by atoms with Gasteiger partial charge in [-0.3, -0.25) is 0 Å². The summed E-state index contributed by atoms with van der Waals surface area (Å²) in [5.41, 5.74) is 1.56. The average molecular weight is 340 g/mol. The minimum absolute atomic E-state index is 0.0828. The number of nitriles is 1. The third kappa shape index (κ3) is 4.47. The minimum Gasteiger partial charge on any atom is -0.228 e. The molecule has 0 N–H and O–H groups in total. The lowest BCUT2D eigenvalue weighted by Crippen LogP contribution is -2.08. The zero-order valence-electron chi connectivity index (χ0n) is 10.9. The summed E-state index contributed by atoms with van der Waals surface area (Å²) in [6.45, 7) is 0. The van der Waals surface area contributed by atoms with Crippen molar-refractivity contribution in [3.63, 3.8) is 0 Å². The van der Waals surface area contributed by atoms with Gasteiger partial charge in [0.15, 0.2) is 9.84 Å². The maximum Gasteiger partial charge on any atom is 0.158 e. The van der Waals surface area contributed by atoms with E-state index in [1.807, 2.05) is 6.07 Å². The maximum atomic E-state index is 12.2. The standard InChI is InChI=1S/C15H11Cl2NO2S/c16-14-5-2-11(3-6-14)9-21(19,20)10-13-4-1-12(8-18)7-15(13)17/h1-7H,9-10H2. The molecule has 0 aromatic heterocycles. The van der Waals surface area contributed by atoms with E-state index in [9.17, 15) is 8.42 Å². The zero-order valence-corrected chi connectivity index (χ0v) is 13.2. The van der Waals surface area contributed by atoms with Crippen LogP contribution in [0.1, 0.15) is 16.7 Å². The first-order valence-corrected chi connectivity index (χ1v) is 8.61. The van der Waals surface area contributed by atoms with Crippen LogP contribution in [0.4, 0.5) is 0 Å². The van der Waals surface area contributed by atoms with Crippen LogP contribution >= 0.6 is 23.2 Å². The van der Waals surface area contributed by atoms with Gasteiger partial charge in [0, 0.05) is 10.0 Å². The van der Waals surface area contributed by atoms with Crippen molar-refractivity contribution in [1.29, 1.82) is 5.26 Å². The van der Waals surface area contributed by atoms with Crippen LogP contribution in [0, 0.1) is 11.3 Å². The molecule has 0 bridgehead atoms. The van der Waals surface area contributed by atoms with Gasteiger partial charge in [0.25, 0.3) is 0 Å². The van der Waals surface area contributed by atoms with Crippen molar-refractivity contribution in [3.8, 4) is 6.07 Å². The van der Waals surface area contributed by atoms with Gasteiger partial charge in [-0.15, -0.1) is 0 Å². The van der Waals surface area contributed by atoms with Gasteiger partial charge in [0.2, 0.25) is 0 Å². The second kappa shape index (κ2) is 6.48. The van der Waals surface area contributed by atoms with E-state index in [2.05, 4.69) is 0 Å². The highest BCUT2D eigenvalue weighted by atomic mass is 35.5. The van der Waals surface area contributed by atoms with E-state index in [0.29, 0.717) is 21.7 Å². The van der Waals surface area contributed by atoms with Crippen LogP contribution in [-0.2, 0) is 21.3 Å². The van der Waals surface area contributed by atoms with E-state index >= 15 is 0 Å². The van der Waals surface area contributed by atoms with Gasteiger partial charge in [-0.1, -0.05) is 41.4 Å². The van der Waals surface area contributed by atoms with Crippen LogP contribution in [-0.4, -0.2) is 8.42 Å². The van der Waals surface area contributed by atoms with Crippen LogP contribution in [0.5, 0.6) is 0 Å². The molecule has 0 unspecified atom stereocenters. The van der Waals surface area contributed by atoms with Gasteiger partial charge in [-0.25, -0.2) is 8.42 Å². The summed E-state index contributed by atoms with van der Waals surface area (Å²) in [7, 11) is -3.35. The van der Waals surface area contributed by atoms with Gasteiger partial charge in [0.05, 0.1) is 23.1 Å². The lowest BCUT2D eigenvalue weighted by molar-refractivity contribution is 0.594. The van der Waals surface area contributed by atoms with Crippen LogP contribution in [0.25, 0.3) is 0 Å². The highest BCUT2D eigenvalue weighted by molar-refractivity contribution is 7.89. The predicted molar refractivity (Wildman–Crippen MR) is 83.9 cm³/mol. The normalized spacial score (nSPS) is 11.1. The number of hydrogen-bond donors (Lipinski definition) is 0. The number of hydrogen-bond acceptors (Lipinski definition) is 3. The largest absolute Gasteiger partial charge is 0.228 e.